The van der Waals surface area contributed by atoms with E-state index in [1.54, 1.807) is 11.3 Å². The summed E-state index contributed by atoms with van der Waals surface area (Å²) in [5, 5.41) is 0.868. The molecular formula is C17H19F2N3O2S. The van der Waals surface area contributed by atoms with Gasteiger partial charge in [0, 0.05) is 32.5 Å². The van der Waals surface area contributed by atoms with E-state index in [1.807, 2.05) is 24.3 Å². The zero-order valence-corrected chi connectivity index (χ0v) is 14.5. The third-order valence-electron chi connectivity index (χ3n) is 4.70. The Balaban J connectivity index is 1.44. The number of para-hydroxylation sites is 1. The number of thiazole rings is 1. The molecule has 0 N–H and O–H groups in total. The van der Waals surface area contributed by atoms with E-state index in [-0.39, 0.29) is 31.8 Å². The minimum absolute atomic E-state index is 0.0901. The highest BCUT2D eigenvalue weighted by atomic mass is 32.1. The van der Waals surface area contributed by atoms with Gasteiger partial charge in [-0.1, -0.05) is 23.5 Å². The Labute approximate surface area is 148 Å². The van der Waals surface area contributed by atoms with Crippen LogP contribution in [0.15, 0.2) is 24.3 Å². The van der Waals surface area contributed by atoms with Gasteiger partial charge in [0.15, 0.2) is 11.2 Å². The highest BCUT2D eigenvalue weighted by Gasteiger charge is 2.38. The maximum absolute atomic E-state index is 13.3. The third-order valence-corrected chi connectivity index (χ3v) is 5.80. The van der Waals surface area contributed by atoms with Crippen LogP contribution in [0.5, 0.6) is 0 Å². The van der Waals surface area contributed by atoms with Crippen molar-refractivity contribution in [2.24, 2.45) is 0 Å². The van der Waals surface area contributed by atoms with Gasteiger partial charge >= 0.3 is 0 Å². The van der Waals surface area contributed by atoms with E-state index in [2.05, 4.69) is 9.88 Å². The normalized spacial score (nSPS) is 23.8. The highest BCUT2D eigenvalue weighted by molar-refractivity contribution is 7.22. The number of amides is 1. The number of halogens is 2. The molecule has 2 saturated heterocycles. The first-order valence-corrected chi connectivity index (χ1v) is 9.22. The minimum atomic E-state index is -2.66. The van der Waals surface area contributed by atoms with Crippen LogP contribution < -0.4 is 4.90 Å². The lowest BCUT2D eigenvalue weighted by molar-refractivity contribution is -0.150. The second-order valence-electron chi connectivity index (χ2n) is 6.45. The smallest absolute Gasteiger partial charge is 0.253 e. The van der Waals surface area contributed by atoms with E-state index in [4.69, 9.17) is 4.74 Å². The average molecular weight is 367 g/mol. The number of morpholine rings is 1. The third kappa shape index (κ3) is 3.46. The molecule has 1 aromatic heterocycles. The molecule has 2 aliphatic rings. The number of rotatable bonds is 2. The Bertz CT molecular complexity index is 739. The van der Waals surface area contributed by atoms with Gasteiger partial charge in [-0.3, -0.25) is 4.79 Å². The summed E-state index contributed by atoms with van der Waals surface area (Å²) in [4.78, 5) is 20.8. The first-order valence-electron chi connectivity index (χ1n) is 8.41. The van der Waals surface area contributed by atoms with Crippen LogP contribution in [-0.2, 0) is 9.53 Å². The van der Waals surface area contributed by atoms with E-state index in [1.165, 1.54) is 4.90 Å². The van der Waals surface area contributed by atoms with Crippen LogP contribution >= 0.6 is 11.3 Å². The van der Waals surface area contributed by atoms with Gasteiger partial charge in [0.1, 0.15) is 0 Å². The summed E-state index contributed by atoms with van der Waals surface area (Å²) in [5.74, 6) is -2.85. The van der Waals surface area contributed by atoms with Crippen LogP contribution in [0.2, 0.25) is 0 Å². The van der Waals surface area contributed by atoms with Crippen molar-refractivity contribution < 1.29 is 18.3 Å². The van der Waals surface area contributed by atoms with Crippen LogP contribution in [0.25, 0.3) is 10.2 Å². The number of carbonyl (C=O) groups is 1. The number of likely N-dealkylation sites (tertiary alicyclic amines) is 1. The second kappa shape index (κ2) is 6.49. The molecule has 0 spiro atoms. The van der Waals surface area contributed by atoms with Gasteiger partial charge in [-0.2, -0.15) is 0 Å². The second-order valence-corrected chi connectivity index (χ2v) is 7.46. The zero-order valence-electron chi connectivity index (χ0n) is 13.7. The Morgan fingerprint density at radius 3 is 2.76 bits per heavy atom. The van der Waals surface area contributed by atoms with Crippen molar-refractivity contribution in [3.8, 4) is 0 Å². The van der Waals surface area contributed by atoms with Crippen molar-refractivity contribution in [1.29, 1.82) is 0 Å². The first-order chi connectivity index (χ1) is 12.0. The van der Waals surface area contributed by atoms with Crippen molar-refractivity contribution in [3.63, 3.8) is 0 Å². The van der Waals surface area contributed by atoms with Gasteiger partial charge in [0.25, 0.3) is 11.8 Å². The first kappa shape index (κ1) is 16.7. The monoisotopic (exact) mass is 367 g/mol. The Kier molecular flexibility index (Phi) is 4.33. The molecule has 0 aliphatic carbocycles. The topological polar surface area (TPSA) is 45.7 Å². The Hall–Kier alpha value is -1.80. The van der Waals surface area contributed by atoms with Crippen molar-refractivity contribution in [3.05, 3.63) is 24.3 Å². The SMILES string of the molecule is O=C(C1CN(c2nc3ccccc3s2)CCO1)N1CCC(F)(F)CC1. The lowest BCUT2D eigenvalue weighted by Gasteiger charge is -2.37. The lowest BCUT2D eigenvalue weighted by atomic mass is 10.1. The van der Waals surface area contributed by atoms with Gasteiger partial charge in [0.2, 0.25) is 0 Å². The maximum Gasteiger partial charge on any atom is 0.253 e. The number of anilines is 1. The van der Waals surface area contributed by atoms with Gasteiger partial charge in [-0.05, 0) is 12.1 Å². The van der Waals surface area contributed by atoms with Crippen LogP contribution in [0.1, 0.15) is 12.8 Å². The predicted octanol–water partition coefficient (Wildman–Crippen LogP) is 2.76. The van der Waals surface area contributed by atoms with E-state index in [0.29, 0.717) is 19.7 Å². The van der Waals surface area contributed by atoms with Crippen LogP contribution in [0.3, 0.4) is 0 Å². The molecule has 1 aromatic carbocycles. The molecule has 1 unspecified atom stereocenters. The highest BCUT2D eigenvalue weighted by Crippen LogP contribution is 2.31. The fourth-order valence-corrected chi connectivity index (χ4v) is 4.23. The molecule has 2 aliphatic heterocycles. The molecule has 134 valence electrons. The number of hydrogen-bond donors (Lipinski definition) is 0. The molecule has 8 heteroatoms. The number of hydrogen-bond acceptors (Lipinski definition) is 5. The zero-order chi connectivity index (χ0) is 17.4. The van der Waals surface area contributed by atoms with E-state index < -0.39 is 12.0 Å². The van der Waals surface area contributed by atoms with Crippen molar-refractivity contribution in [1.82, 2.24) is 9.88 Å². The molecule has 0 bridgehead atoms. The number of benzene rings is 1. The van der Waals surface area contributed by atoms with E-state index in [9.17, 15) is 13.6 Å². The molecule has 1 atom stereocenters. The summed E-state index contributed by atoms with van der Waals surface area (Å²) in [5.41, 5.74) is 0.940. The molecule has 4 rings (SSSR count). The summed E-state index contributed by atoms with van der Waals surface area (Å²) >= 11 is 1.59. The van der Waals surface area contributed by atoms with Gasteiger partial charge in [-0.25, -0.2) is 13.8 Å². The van der Waals surface area contributed by atoms with Crippen LogP contribution in [0, 0.1) is 0 Å². The Morgan fingerprint density at radius 1 is 1.24 bits per heavy atom. The fraction of sp³-hybridized carbons (Fsp3) is 0.529. The standard InChI is InChI=1S/C17H19F2N3O2S/c18-17(19)5-7-21(8-6-17)15(23)13-11-22(9-10-24-13)16-20-12-3-1-2-4-14(12)25-16/h1-4,13H,5-11H2. The lowest BCUT2D eigenvalue weighted by Crippen LogP contribution is -2.53. The van der Waals surface area contributed by atoms with Crippen LogP contribution in [-0.4, -0.2) is 60.6 Å². The molecule has 5 nitrogen and oxygen atoms in total. The molecule has 1 amide bonds. The summed E-state index contributed by atoms with van der Waals surface area (Å²) in [6.45, 7) is 1.68. The largest absolute Gasteiger partial charge is 0.365 e. The summed E-state index contributed by atoms with van der Waals surface area (Å²) < 4.78 is 33.3. The van der Waals surface area contributed by atoms with Crippen LogP contribution in [0.4, 0.5) is 13.9 Å². The summed E-state index contributed by atoms with van der Waals surface area (Å²) in [7, 11) is 0. The quantitative estimate of drug-likeness (QED) is 0.819. The number of aromatic nitrogens is 1. The maximum atomic E-state index is 13.3. The summed E-state index contributed by atoms with van der Waals surface area (Å²) in [6.07, 6.45) is -1.16. The number of alkyl halides is 2. The van der Waals surface area contributed by atoms with Gasteiger partial charge < -0.3 is 14.5 Å². The van der Waals surface area contributed by atoms with Crippen molar-refractivity contribution in [2.45, 2.75) is 24.9 Å². The molecular weight excluding hydrogens is 348 g/mol. The van der Waals surface area contributed by atoms with Gasteiger partial charge in [-0.15, -0.1) is 0 Å². The van der Waals surface area contributed by atoms with E-state index >= 15 is 0 Å². The molecule has 25 heavy (non-hydrogen) atoms. The van der Waals surface area contributed by atoms with Crippen molar-refractivity contribution in [2.75, 3.05) is 37.7 Å². The minimum Gasteiger partial charge on any atom is -0.365 e. The number of piperidine rings is 1. The van der Waals surface area contributed by atoms with Crippen molar-refractivity contribution >= 4 is 32.6 Å². The Morgan fingerprint density at radius 2 is 2.00 bits per heavy atom. The average Bonchev–Trinajstić information content (AvgIpc) is 3.05. The molecule has 0 radical (unpaired) electrons. The predicted molar refractivity (Wildman–Crippen MR) is 92.3 cm³/mol. The number of nitrogens with zero attached hydrogens (tertiary/aromatic N) is 3. The molecule has 3 heterocycles. The number of carbonyl (C=O) groups excluding carboxylic acids is 1. The number of ether oxygens (including phenoxy) is 1. The molecule has 2 aromatic rings. The molecule has 2 fully saturated rings. The summed E-state index contributed by atoms with van der Waals surface area (Å²) in [6, 6.07) is 7.91. The molecule has 0 saturated carbocycles. The van der Waals surface area contributed by atoms with Gasteiger partial charge in [0.05, 0.1) is 23.4 Å². The van der Waals surface area contributed by atoms with E-state index in [0.717, 1.165) is 15.3 Å². The number of fused-ring (bicyclic) bond motifs is 1. The fourth-order valence-electron chi connectivity index (χ4n) is 3.23.